The lowest BCUT2D eigenvalue weighted by Crippen LogP contribution is -3.20. The van der Waals surface area contributed by atoms with Crippen molar-refractivity contribution in [2.75, 3.05) is 39.3 Å². The molecular formula is C13H21N3O3+2. The number of ether oxygens (including phenoxy) is 1. The van der Waals surface area contributed by atoms with E-state index in [4.69, 9.17) is 4.74 Å². The summed E-state index contributed by atoms with van der Waals surface area (Å²) in [6, 6.07) is 6.25. The molecule has 0 amide bonds. The van der Waals surface area contributed by atoms with Crippen molar-refractivity contribution < 1.29 is 19.9 Å². The molecule has 0 bridgehead atoms. The van der Waals surface area contributed by atoms with Crippen LogP contribution >= 0.6 is 0 Å². The van der Waals surface area contributed by atoms with Gasteiger partial charge in [-0.3, -0.25) is 10.1 Å². The summed E-state index contributed by atoms with van der Waals surface area (Å²) in [5.41, 5.74) is 0.0985. The fraction of sp³-hybridized carbons (Fsp3) is 0.538. The Hall–Kier alpha value is -1.66. The molecule has 0 aliphatic carbocycles. The van der Waals surface area contributed by atoms with Gasteiger partial charge in [-0.1, -0.05) is 0 Å². The van der Waals surface area contributed by atoms with Crippen LogP contribution in [0.25, 0.3) is 0 Å². The molecule has 6 nitrogen and oxygen atoms in total. The number of nitrogens with zero attached hydrogens (tertiary/aromatic N) is 1. The van der Waals surface area contributed by atoms with E-state index in [9.17, 15) is 10.1 Å². The second-order valence-electron chi connectivity index (χ2n) is 4.82. The summed E-state index contributed by atoms with van der Waals surface area (Å²) < 4.78 is 5.59. The van der Waals surface area contributed by atoms with Gasteiger partial charge in [-0.25, -0.2) is 0 Å². The van der Waals surface area contributed by atoms with Crippen LogP contribution in [0.1, 0.15) is 6.42 Å². The number of nitrogens with two attached hydrogens (primary N) is 1. The number of hydrogen-bond donors (Lipinski definition) is 2. The summed E-state index contributed by atoms with van der Waals surface area (Å²) in [6.07, 6.45) is 1.02. The van der Waals surface area contributed by atoms with Crippen molar-refractivity contribution >= 4 is 5.69 Å². The summed E-state index contributed by atoms with van der Waals surface area (Å²) in [6.45, 7) is 6.72. The highest BCUT2D eigenvalue weighted by Gasteiger charge is 2.14. The quantitative estimate of drug-likeness (QED) is 0.387. The fourth-order valence-corrected chi connectivity index (χ4v) is 2.31. The van der Waals surface area contributed by atoms with Crippen LogP contribution in [0.4, 0.5) is 5.69 Å². The number of nitro groups is 1. The van der Waals surface area contributed by atoms with Crippen LogP contribution in [-0.4, -0.2) is 44.3 Å². The predicted octanol–water partition coefficient (Wildman–Crippen LogP) is -1.17. The van der Waals surface area contributed by atoms with Gasteiger partial charge in [-0.15, -0.1) is 0 Å². The van der Waals surface area contributed by atoms with Crippen LogP contribution in [0.3, 0.4) is 0 Å². The molecule has 1 aliphatic rings. The number of hydrogen-bond acceptors (Lipinski definition) is 3. The van der Waals surface area contributed by atoms with Crippen LogP contribution in [-0.2, 0) is 0 Å². The van der Waals surface area contributed by atoms with Gasteiger partial charge in [0, 0.05) is 18.6 Å². The van der Waals surface area contributed by atoms with E-state index in [1.165, 1.54) is 38.3 Å². The molecule has 6 heteroatoms. The van der Waals surface area contributed by atoms with E-state index in [1.54, 1.807) is 17.0 Å². The lowest BCUT2D eigenvalue weighted by Gasteiger charge is -2.22. The van der Waals surface area contributed by atoms with Gasteiger partial charge in [-0.05, 0) is 12.1 Å². The summed E-state index contributed by atoms with van der Waals surface area (Å²) >= 11 is 0. The maximum atomic E-state index is 10.5. The van der Waals surface area contributed by atoms with Gasteiger partial charge in [0.05, 0.1) is 18.1 Å². The van der Waals surface area contributed by atoms with Crippen molar-refractivity contribution in [3.8, 4) is 5.75 Å². The van der Waals surface area contributed by atoms with E-state index in [0.717, 1.165) is 13.0 Å². The second kappa shape index (κ2) is 7.06. The number of nitro benzene ring substituents is 1. The molecule has 0 radical (unpaired) electrons. The minimum absolute atomic E-state index is 0.0985. The van der Waals surface area contributed by atoms with Crippen LogP contribution in [0.5, 0.6) is 5.75 Å². The van der Waals surface area contributed by atoms with E-state index < -0.39 is 4.92 Å². The van der Waals surface area contributed by atoms with E-state index in [2.05, 4.69) is 5.32 Å². The number of non-ortho nitro benzene ring substituents is 1. The zero-order valence-electron chi connectivity index (χ0n) is 11.0. The standard InChI is InChI=1S/C13H19N3O3/c17-16(18)12-2-4-13(5-3-12)19-11-1-8-15-9-6-14-7-10-15/h2-5,14H,1,6-11H2/p+2. The minimum Gasteiger partial charge on any atom is -0.493 e. The van der Waals surface area contributed by atoms with Gasteiger partial charge >= 0.3 is 0 Å². The molecule has 1 fully saturated rings. The Morgan fingerprint density at radius 1 is 1.26 bits per heavy atom. The first-order valence-electron chi connectivity index (χ1n) is 6.78. The number of rotatable bonds is 6. The third-order valence-electron chi connectivity index (χ3n) is 3.39. The Kier molecular flexibility index (Phi) is 5.11. The molecule has 2 rings (SSSR count). The highest BCUT2D eigenvalue weighted by Crippen LogP contribution is 2.17. The molecule has 0 aromatic heterocycles. The highest BCUT2D eigenvalue weighted by atomic mass is 16.6. The lowest BCUT2D eigenvalue weighted by molar-refractivity contribution is -0.946. The molecule has 1 aromatic carbocycles. The van der Waals surface area contributed by atoms with E-state index in [1.807, 2.05) is 0 Å². The van der Waals surface area contributed by atoms with E-state index >= 15 is 0 Å². The Morgan fingerprint density at radius 2 is 1.95 bits per heavy atom. The van der Waals surface area contributed by atoms with Crippen LogP contribution in [0.15, 0.2) is 24.3 Å². The summed E-state index contributed by atoms with van der Waals surface area (Å²) in [7, 11) is 0. The first-order valence-corrected chi connectivity index (χ1v) is 6.78. The van der Waals surface area contributed by atoms with Crippen molar-refractivity contribution in [2.45, 2.75) is 6.42 Å². The van der Waals surface area contributed by atoms with Crippen LogP contribution in [0.2, 0.25) is 0 Å². The molecule has 0 atom stereocenters. The van der Waals surface area contributed by atoms with Crippen molar-refractivity contribution in [1.29, 1.82) is 0 Å². The molecule has 1 saturated heterocycles. The predicted molar refractivity (Wildman–Crippen MR) is 70.4 cm³/mol. The average Bonchev–Trinajstić information content (AvgIpc) is 2.45. The maximum Gasteiger partial charge on any atom is 0.269 e. The van der Waals surface area contributed by atoms with Gasteiger partial charge in [0.15, 0.2) is 0 Å². The molecule has 0 spiro atoms. The molecule has 0 saturated carbocycles. The highest BCUT2D eigenvalue weighted by molar-refractivity contribution is 5.35. The molecule has 1 heterocycles. The molecule has 104 valence electrons. The molecule has 1 aliphatic heterocycles. The van der Waals surface area contributed by atoms with Gasteiger partial charge in [0.2, 0.25) is 0 Å². The van der Waals surface area contributed by atoms with Crippen molar-refractivity contribution in [3.63, 3.8) is 0 Å². The monoisotopic (exact) mass is 267 g/mol. The topological polar surface area (TPSA) is 73.4 Å². The first-order chi connectivity index (χ1) is 9.25. The third kappa shape index (κ3) is 4.50. The molecule has 1 aromatic rings. The number of nitrogens with one attached hydrogen (secondary N) is 1. The van der Waals surface area contributed by atoms with E-state index in [-0.39, 0.29) is 5.69 Å². The second-order valence-corrected chi connectivity index (χ2v) is 4.82. The number of piperazine rings is 1. The summed E-state index contributed by atoms with van der Waals surface area (Å²) in [5.74, 6) is 0.701. The third-order valence-corrected chi connectivity index (χ3v) is 3.39. The SMILES string of the molecule is O=[N+]([O-])c1ccc(OCCC[NH+]2CC[NH2+]CC2)cc1. The summed E-state index contributed by atoms with van der Waals surface area (Å²) in [4.78, 5) is 11.8. The van der Waals surface area contributed by atoms with Crippen LogP contribution in [0, 0.1) is 10.1 Å². The van der Waals surface area contributed by atoms with Gasteiger partial charge in [0.25, 0.3) is 5.69 Å². The molecule has 19 heavy (non-hydrogen) atoms. The Balaban J connectivity index is 1.66. The van der Waals surface area contributed by atoms with Gasteiger partial charge in [0.1, 0.15) is 31.9 Å². The normalized spacial score (nSPS) is 16.2. The first kappa shape index (κ1) is 13.8. The Bertz CT molecular complexity index is 402. The van der Waals surface area contributed by atoms with Crippen LogP contribution < -0.4 is 15.0 Å². The zero-order chi connectivity index (χ0) is 13.5. The number of quaternary nitrogens is 2. The minimum atomic E-state index is -0.402. The average molecular weight is 267 g/mol. The van der Waals surface area contributed by atoms with Crippen molar-refractivity contribution in [2.24, 2.45) is 0 Å². The van der Waals surface area contributed by atoms with Crippen molar-refractivity contribution in [1.82, 2.24) is 0 Å². The smallest absolute Gasteiger partial charge is 0.269 e. The zero-order valence-corrected chi connectivity index (χ0v) is 11.0. The molecule has 3 N–H and O–H groups in total. The Labute approximate surface area is 112 Å². The maximum absolute atomic E-state index is 10.5. The van der Waals surface area contributed by atoms with E-state index in [0.29, 0.717) is 12.4 Å². The Morgan fingerprint density at radius 3 is 2.58 bits per heavy atom. The largest absolute Gasteiger partial charge is 0.493 e. The molecule has 0 unspecified atom stereocenters. The van der Waals surface area contributed by atoms with Crippen molar-refractivity contribution in [3.05, 3.63) is 34.4 Å². The van der Waals surface area contributed by atoms with Gasteiger partial charge < -0.3 is 15.0 Å². The molecular weight excluding hydrogens is 246 g/mol. The summed E-state index contributed by atoms with van der Waals surface area (Å²) in [5, 5.41) is 12.9. The fourth-order valence-electron chi connectivity index (χ4n) is 2.31. The number of benzene rings is 1. The lowest BCUT2D eigenvalue weighted by atomic mass is 10.3. The van der Waals surface area contributed by atoms with Gasteiger partial charge in [-0.2, -0.15) is 0 Å².